The van der Waals surface area contributed by atoms with Gasteiger partial charge in [-0.2, -0.15) is 17.6 Å². The molecule has 8 rings (SSSR count). The third-order valence-corrected chi connectivity index (χ3v) is 13.3. The Labute approximate surface area is 365 Å². The summed E-state index contributed by atoms with van der Waals surface area (Å²) in [6, 6.07) is 34.9. The average Bonchev–Trinajstić information content (AvgIpc) is 3.83. The van der Waals surface area contributed by atoms with E-state index in [1.165, 1.54) is 46.9 Å². The lowest BCUT2D eigenvalue weighted by Crippen LogP contribution is -2.37. The first-order chi connectivity index (χ1) is 28.7. The molecule has 0 bridgehead atoms. The fraction of sp³-hybridized carbons (Fsp3) is 0.208. The molecule has 4 nitrogen and oxygen atoms in total. The van der Waals surface area contributed by atoms with Gasteiger partial charge >= 0.3 is 0 Å². The minimum absolute atomic E-state index is 0.0364. The van der Waals surface area contributed by atoms with Crippen molar-refractivity contribution >= 4 is 57.7 Å². The number of hydrogen-bond donors (Lipinski definition) is 0. The summed E-state index contributed by atoms with van der Waals surface area (Å²) in [5, 5.41) is 0. The quantitative estimate of drug-likeness (QED) is 0.113. The number of carbonyl (C=O) groups is 2. The predicted molar refractivity (Wildman–Crippen MR) is 234 cm³/mol. The maximum absolute atomic E-state index is 14.4. The first-order valence-electron chi connectivity index (χ1n) is 19.2. The maximum atomic E-state index is 14.4. The number of hydrogen-bond acceptors (Lipinski definition) is 4. The zero-order valence-electron chi connectivity index (χ0n) is 32.6. The second kappa shape index (κ2) is 18.3. The van der Waals surface area contributed by atoms with Crippen molar-refractivity contribution in [3.05, 3.63) is 209 Å². The average molecular weight is 888 g/mol. The molecule has 6 aromatic rings. The monoisotopic (exact) mass is 886 g/mol. The summed E-state index contributed by atoms with van der Waals surface area (Å²) >= 11 is 15.4. The first-order valence-corrected chi connectivity index (χ1v) is 21.6. The molecule has 0 unspecified atom stereocenters. The minimum atomic E-state index is -3.21. The van der Waals surface area contributed by atoms with Gasteiger partial charge in [0.1, 0.15) is 0 Å². The van der Waals surface area contributed by atoms with E-state index >= 15 is 0 Å². The molecule has 0 spiro atoms. The summed E-state index contributed by atoms with van der Waals surface area (Å²) in [7, 11) is 0. The van der Waals surface area contributed by atoms with Crippen LogP contribution in [-0.2, 0) is 34.5 Å². The van der Waals surface area contributed by atoms with E-state index in [0.29, 0.717) is 47.0 Å². The molecule has 0 fully saturated rings. The van der Waals surface area contributed by atoms with Crippen molar-refractivity contribution in [2.45, 2.75) is 50.6 Å². The van der Waals surface area contributed by atoms with E-state index in [0.717, 1.165) is 55.3 Å². The molecule has 0 aliphatic carbocycles. The summed E-state index contributed by atoms with van der Waals surface area (Å²) in [6.07, 6.45) is 3.35. The number of alkyl halides is 4. The fourth-order valence-electron chi connectivity index (χ4n) is 7.67. The van der Waals surface area contributed by atoms with Crippen molar-refractivity contribution in [2.75, 3.05) is 13.1 Å². The van der Waals surface area contributed by atoms with Gasteiger partial charge < -0.3 is 9.80 Å². The Bertz CT molecular complexity index is 2360. The summed E-state index contributed by atoms with van der Waals surface area (Å²) in [4.78, 5) is 30.9. The minimum Gasteiger partial charge on any atom is -0.333 e. The molecule has 60 heavy (non-hydrogen) atoms. The molecule has 2 aliphatic heterocycles. The highest BCUT2D eigenvalue weighted by Gasteiger charge is 2.34. The molecule has 2 amide bonds. The van der Waals surface area contributed by atoms with Crippen LogP contribution in [0.4, 0.5) is 17.6 Å². The highest BCUT2D eigenvalue weighted by molar-refractivity contribution is 7.16. The van der Waals surface area contributed by atoms with Crippen LogP contribution in [0.15, 0.2) is 146 Å². The van der Waals surface area contributed by atoms with Gasteiger partial charge in [-0.1, -0.05) is 132 Å². The van der Waals surface area contributed by atoms with E-state index in [4.69, 9.17) is 23.2 Å². The predicted octanol–water partition coefficient (Wildman–Crippen LogP) is 13.1. The number of halogens is 6. The Hall–Kier alpha value is -5.00. The Morgan fingerprint density at radius 1 is 0.567 bits per heavy atom. The maximum Gasteiger partial charge on any atom is 0.292 e. The van der Waals surface area contributed by atoms with E-state index in [2.05, 4.69) is 0 Å². The third kappa shape index (κ3) is 9.79. The number of rotatable bonds is 8. The van der Waals surface area contributed by atoms with Crippen LogP contribution in [0.3, 0.4) is 0 Å². The third-order valence-electron chi connectivity index (χ3n) is 10.8. The lowest BCUT2D eigenvalue weighted by atomic mass is 9.86. The van der Waals surface area contributed by atoms with E-state index in [1.807, 2.05) is 74.5 Å². The number of carbonyl (C=O) groups excluding carboxylic acids is 2. The molecule has 4 heterocycles. The van der Waals surface area contributed by atoms with Gasteiger partial charge in [-0.3, -0.25) is 9.59 Å². The molecular formula is C48H40Cl2F4N2O2S2. The topological polar surface area (TPSA) is 40.6 Å². The Balaban J connectivity index is 0.000000181. The summed E-state index contributed by atoms with van der Waals surface area (Å²) in [6.45, 7) is 5.65. The van der Waals surface area contributed by atoms with Gasteiger partial charge in [-0.25, -0.2) is 0 Å². The van der Waals surface area contributed by atoms with Crippen molar-refractivity contribution in [3.8, 4) is 0 Å². The number of nitrogens with zero attached hydrogens (tertiary/aromatic N) is 2. The number of fused-ring (bicyclic) bond motifs is 2. The first kappa shape index (κ1) is 43.1. The SMILES string of the molecule is Cc1ccccc1[C@@H]1CN(C(=O)/C=C/C(F)(F)c2ccccc2)Cc2sc(Cl)cc21.Cc1ccccc1[C@H]1CN(C(=O)/C=C/C(F)(F)c2ccccc2)Cc2sc(Cl)cc21. The van der Waals surface area contributed by atoms with Crippen LogP contribution in [0.2, 0.25) is 8.67 Å². The smallest absolute Gasteiger partial charge is 0.292 e. The fourth-order valence-corrected chi connectivity index (χ4v) is 10.4. The van der Waals surface area contributed by atoms with Gasteiger partial charge in [0.25, 0.3) is 11.8 Å². The molecule has 2 atom stereocenters. The molecule has 2 aliphatic rings. The van der Waals surface area contributed by atoms with Crippen molar-refractivity contribution in [2.24, 2.45) is 0 Å². The molecule has 0 saturated carbocycles. The van der Waals surface area contributed by atoms with Crippen LogP contribution in [0.5, 0.6) is 0 Å². The molecule has 12 heteroatoms. The largest absolute Gasteiger partial charge is 0.333 e. The molecule has 308 valence electrons. The number of thiophene rings is 2. The summed E-state index contributed by atoms with van der Waals surface area (Å²) in [5.74, 6) is -7.35. The molecular weight excluding hydrogens is 848 g/mol. The van der Waals surface area contributed by atoms with Gasteiger partial charge in [0.05, 0.1) is 21.8 Å². The number of aryl methyl sites for hydroxylation is 2. The zero-order valence-corrected chi connectivity index (χ0v) is 35.8. The van der Waals surface area contributed by atoms with Crippen molar-refractivity contribution in [1.29, 1.82) is 0 Å². The van der Waals surface area contributed by atoms with E-state index in [1.54, 1.807) is 46.2 Å². The van der Waals surface area contributed by atoms with E-state index in [-0.39, 0.29) is 23.0 Å². The van der Waals surface area contributed by atoms with Gasteiger partial charge in [-0.05, 0) is 71.5 Å². The second-order valence-corrected chi connectivity index (χ2v) is 18.3. The highest BCUT2D eigenvalue weighted by Crippen LogP contribution is 2.43. The Morgan fingerprint density at radius 3 is 1.28 bits per heavy atom. The van der Waals surface area contributed by atoms with Crippen LogP contribution in [0.1, 0.15) is 66.1 Å². The molecule has 0 radical (unpaired) electrons. The van der Waals surface area contributed by atoms with Crippen molar-refractivity contribution < 1.29 is 27.2 Å². The molecule has 4 aromatic carbocycles. The van der Waals surface area contributed by atoms with E-state index < -0.39 is 23.7 Å². The van der Waals surface area contributed by atoms with Gasteiger partial charge in [0.15, 0.2) is 0 Å². The molecule has 2 aromatic heterocycles. The second-order valence-electron chi connectivity index (χ2n) is 14.8. The lowest BCUT2D eigenvalue weighted by molar-refractivity contribution is -0.128. The lowest BCUT2D eigenvalue weighted by Gasteiger charge is -2.33. The highest BCUT2D eigenvalue weighted by atomic mass is 35.5. The van der Waals surface area contributed by atoms with E-state index in [9.17, 15) is 27.2 Å². The number of benzene rings is 4. The van der Waals surface area contributed by atoms with Gasteiger partial charge in [-0.15, -0.1) is 22.7 Å². The Kier molecular flexibility index (Phi) is 13.2. The van der Waals surface area contributed by atoms with Gasteiger partial charge in [0.2, 0.25) is 11.8 Å². The normalized spacial score (nSPS) is 16.7. The number of allylic oxidation sites excluding steroid dienone is 2. The molecule has 0 N–H and O–H groups in total. The van der Waals surface area contributed by atoms with Crippen LogP contribution in [0.25, 0.3) is 0 Å². The van der Waals surface area contributed by atoms with Crippen LogP contribution < -0.4 is 0 Å². The Morgan fingerprint density at radius 2 is 0.917 bits per heavy atom. The van der Waals surface area contributed by atoms with Crippen LogP contribution in [0, 0.1) is 13.8 Å². The summed E-state index contributed by atoms with van der Waals surface area (Å²) in [5.41, 5.74) is 6.42. The van der Waals surface area contributed by atoms with Crippen molar-refractivity contribution in [3.63, 3.8) is 0 Å². The standard InChI is InChI=1S/2C24H20ClF2NOS/c2*1-16-7-5-6-10-18(16)20-14-28(15-21-19(20)13-22(25)30-21)23(29)11-12-24(26,27)17-8-3-2-4-9-17/h2*2-13,20H,14-15H2,1H3/b2*12-11+/t2*20-/m10/s1. The van der Waals surface area contributed by atoms with Crippen molar-refractivity contribution in [1.82, 2.24) is 9.80 Å². The van der Waals surface area contributed by atoms with Gasteiger partial charge in [0, 0.05) is 58.0 Å². The number of amides is 2. The zero-order chi connectivity index (χ0) is 42.6. The van der Waals surface area contributed by atoms with Crippen LogP contribution in [-0.4, -0.2) is 34.7 Å². The molecule has 0 saturated heterocycles. The van der Waals surface area contributed by atoms with Crippen LogP contribution >= 0.6 is 45.9 Å². The summed E-state index contributed by atoms with van der Waals surface area (Å²) < 4.78 is 59.1.